The van der Waals surface area contributed by atoms with Crippen molar-refractivity contribution in [2.75, 3.05) is 18.0 Å². The van der Waals surface area contributed by atoms with Gasteiger partial charge in [-0.25, -0.2) is 0 Å². The number of nitrogens with zero attached hydrogens (tertiary/aromatic N) is 2. The van der Waals surface area contributed by atoms with Gasteiger partial charge in [-0.2, -0.15) is 0 Å². The molecule has 2 aromatic rings. The van der Waals surface area contributed by atoms with Crippen molar-refractivity contribution in [3.05, 3.63) is 54.4 Å². The standard InChI is InChI=1S/C27H40N4O3/c1-20(2)14-17-31(19-27(4,5)30-25(32)11-6-21(3)26(28)33)23-7-9-24(10-8-23)34-18-22-12-15-29-16-13-22/h7-10,12-13,15-16,20-21H,6,11,14,17-19H2,1-5H3,(H2,28,33)(H,30,32). The average molecular weight is 469 g/mol. The van der Waals surface area contributed by atoms with Crippen LogP contribution in [-0.2, 0) is 16.2 Å². The third kappa shape index (κ3) is 9.81. The molecule has 1 heterocycles. The lowest BCUT2D eigenvalue weighted by molar-refractivity contribution is -0.124. The Morgan fingerprint density at radius 2 is 1.71 bits per heavy atom. The Balaban J connectivity index is 2.01. The lowest BCUT2D eigenvalue weighted by Crippen LogP contribution is -2.52. The van der Waals surface area contributed by atoms with E-state index in [4.69, 9.17) is 10.5 Å². The van der Waals surface area contributed by atoms with Crippen molar-refractivity contribution in [3.8, 4) is 5.75 Å². The molecule has 1 atom stereocenters. The van der Waals surface area contributed by atoms with Gasteiger partial charge in [0.25, 0.3) is 0 Å². The highest BCUT2D eigenvalue weighted by Gasteiger charge is 2.25. The van der Waals surface area contributed by atoms with E-state index >= 15 is 0 Å². The number of carbonyl (C=O) groups excluding carboxylic acids is 2. The summed E-state index contributed by atoms with van der Waals surface area (Å²) < 4.78 is 5.91. The molecule has 2 rings (SSSR count). The Morgan fingerprint density at radius 3 is 2.29 bits per heavy atom. The second kappa shape index (κ2) is 13.0. The molecule has 1 unspecified atom stereocenters. The third-order valence-electron chi connectivity index (χ3n) is 5.69. The molecule has 2 amide bonds. The Morgan fingerprint density at radius 1 is 1.06 bits per heavy atom. The Bertz CT molecular complexity index is 898. The number of pyridine rings is 1. The number of benzene rings is 1. The first-order valence-corrected chi connectivity index (χ1v) is 12.0. The van der Waals surface area contributed by atoms with Crippen molar-refractivity contribution in [1.82, 2.24) is 10.3 Å². The number of hydrogen-bond acceptors (Lipinski definition) is 5. The Hall–Kier alpha value is -3.09. The van der Waals surface area contributed by atoms with Crippen LogP contribution in [0.25, 0.3) is 0 Å². The molecule has 3 N–H and O–H groups in total. The number of carbonyl (C=O) groups is 2. The maximum atomic E-state index is 12.5. The van der Waals surface area contributed by atoms with E-state index in [1.54, 1.807) is 19.3 Å². The summed E-state index contributed by atoms with van der Waals surface area (Å²) in [4.78, 5) is 30.1. The zero-order valence-electron chi connectivity index (χ0n) is 21.2. The van der Waals surface area contributed by atoms with Crippen LogP contribution in [0.5, 0.6) is 5.75 Å². The van der Waals surface area contributed by atoms with E-state index in [1.165, 1.54) is 0 Å². The minimum absolute atomic E-state index is 0.0678. The second-order valence-corrected chi connectivity index (χ2v) is 10.0. The molecule has 0 saturated heterocycles. The van der Waals surface area contributed by atoms with Gasteiger partial charge in [0.1, 0.15) is 12.4 Å². The van der Waals surface area contributed by atoms with E-state index in [0.29, 0.717) is 25.5 Å². The number of anilines is 1. The van der Waals surface area contributed by atoms with E-state index in [1.807, 2.05) is 38.1 Å². The summed E-state index contributed by atoms with van der Waals surface area (Å²) in [5.74, 6) is 0.622. The van der Waals surface area contributed by atoms with Gasteiger partial charge in [0, 0.05) is 43.5 Å². The van der Waals surface area contributed by atoms with Gasteiger partial charge in [-0.15, -0.1) is 0 Å². The number of hydrogen-bond donors (Lipinski definition) is 2. The first-order chi connectivity index (χ1) is 16.1. The predicted octanol–water partition coefficient (Wildman–Crippen LogP) is 4.31. The molecule has 0 bridgehead atoms. The van der Waals surface area contributed by atoms with Crippen molar-refractivity contribution < 1.29 is 14.3 Å². The topological polar surface area (TPSA) is 97.6 Å². The highest BCUT2D eigenvalue weighted by molar-refractivity contribution is 5.79. The van der Waals surface area contributed by atoms with Crippen LogP contribution in [-0.4, -0.2) is 35.4 Å². The van der Waals surface area contributed by atoms with E-state index in [9.17, 15) is 9.59 Å². The molecule has 0 spiro atoms. The molecule has 0 aliphatic heterocycles. The van der Waals surface area contributed by atoms with Crippen molar-refractivity contribution in [1.29, 1.82) is 0 Å². The van der Waals surface area contributed by atoms with E-state index < -0.39 is 5.54 Å². The molecule has 186 valence electrons. The number of aromatic nitrogens is 1. The molecule has 7 nitrogen and oxygen atoms in total. The summed E-state index contributed by atoms with van der Waals surface area (Å²) in [6, 6.07) is 12.0. The van der Waals surface area contributed by atoms with Crippen molar-refractivity contribution in [3.63, 3.8) is 0 Å². The van der Waals surface area contributed by atoms with E-state index in [0.717, 1.165) is 30.0 Å². The zero-order valence-corrected chi connectivity index (χ0v) is 21.2. The van der Waals surface area contributed by atoms with Gasteiger partial charge in [0.15, 0.2) is 0 Å². The number of amides is 2. The lowest BCUT2D eigenvalue weighted by atomic mass is 10.0. The fourth-order valence-corrected chi connectivity index (χ4v) is 3.56. The molecule has 0 radical (unpaired) electrons. The smallest absolute Gasteiger partial charge is 0.220 e. The van der Waals surface area contributed by atoms with Crippen LogP contribution in [0.2, 0.25) is 0 Å². The van der Waals surface area contributed by atoms with Gasteiger partial charge >= 0.3 is 0 Å². The molecule has 34 heavy (non-hydrogen) atoms. The Labute approximate surface area is 204 Å². The number of ether oxygens (including phenoxy) is 1. The van der Waals surface area contributed by atoms with Crippen LogP contribution in [0.3, 0.4) is 0 Å². The van der Waals surface area contributed by atoms with E-state index in [-0.39, 0.29) is 24.2 Å². The normalized spacial score (nSPS) is 12.3. The second-order valence-electron chi connectivity index (χ2n) is 10.0. The fourth-order valence-electron chi connectivity index (χ4n) is 3.56. The summed E-state index contributed by atoms with van der Waals surface area (Å²) in [5, 5.41) is 3.13. The van der Waals surface area contributed by atoms with Crippen LogP contribution in [0.15, 0.2) is 48.8 Å². The van der Waals surface area contributed by atoms with Gasteiger partial charge in [0.05, 0.1) is 5.54 Å². The van der Waals surface area contributed by atoms with Crippen molar-refractivity contribution in [2.24, 2.45) is 17.6 Å². The van der Waals surface area contributed by atoms with Crippen molar-refractivity contribution in [2.45, 2.75) is 66.0 Å². The zero-order chi connectivity index (χ0) is 25.1. The molecule has 7 heteroatoms. The molecule has 0 saturated carbocycles. The monoisotopic (exact) mass is 468 g/mol. The van der Waals surface area contributed by atoms with Gasteiger partial charge in [0.2, 0.25) is 11.8 Å². The number of primary amides is 1. The minimum atomic E-state index is -0.444. The predicted molar refractivity (Wildman–Crippen MR) is 136 cm³/mol. The van der Waals surface area contributed by atoms with Crippen molar-refractivity contribution >= 4 is 17.5 Å². The van der Waals surface area contributed by atoms with E-state index in [2.05, 4.69) is 41.2 Å². The van der Waals surface area contributed by atoms with Gasteiger partial charge in [-0.05, 0) is 74.6 Å². The summed E-state index contributed by atoms with van der Waals surface area (Å²) in [5.41, 5.74) is 7.02. The first-order valence-electron chi connectivity index (χ1n) is 12.0. The largest absolute Gasteiger partial charge is 0.489 e. The lowest BCUT2D eigenvalue weighted by Gasteiger charge is -2.35. The molecule has 0 fully saturated rings. The fraction of sp³-hybridized carbons (Fsp3) is 0.519. The summed E-state index contributed by atoms with van der Waals surface area (Å²) in [7, 11) is 0. The first kappa shape index (κ1) is 27.2. The third-order valence-corrected chi connectivity index (χ3v) is 5.69. The molecule has 0 aliphatic carbocycles. The minimum Gasteiger partial charge on any atom is -0.489 e. The van der Waals surface area contributed by atoms with Gasteiger partial charge in [-0.3, -0.25) is 14.6 Å². The van der Waals surface area contributed by atoms with Gasteiger partial charge < -0.3 is 20.7 Å². The van der Waals surface area contributed by atoms with Crippen LogP contribution in [0.4, 0.5) is 5.69 Å². The highest BCUT2D eigenvalue weighted by Crippen LogP contribution is 2.23. The maximum Gasteiger partial charge on any atom is 0.220 e. The molecular formula is C27H40N4O3. The molecule has 0 aliphatic rings. The maximum absolute atomic E-state index is 12.5. The average Bonchev–Trinajstić information content (AvgIpc) is 2.79. The molecular weight excluding hydrogens is 428 g/mol. The van der Waals surface area contributed by atoms with Crippen LogP contribution >= 0.6 is 0 Å². The number of nitrogens with one attached hydrogen (secondary N) is 1. The Kier molecular flexibility index (Phi) is 10.4. The number of rotatable bonds is 14. The van der Waals surface area contributed by atoms with Crippen LogP contribution in [0, 0.1) is 11.8 Å². The van der Waals surface area contributed by atoms with Crippen LogP contribution in [0.1, 0.15) is 59.4 Å². The summed E-state index contributed by atoms with van der Waals surface area (Å²) in [6.07, 6.45) is 5.29. The van der Waals surface area contributed by atoms with Gasteiger partial charge in [-0.1, -0.05) is 20.8 Å². The molecule has 1 aromatic heterocycles. The summed E-state index contributed by atoms with van der Waals surface area (Å²) in [6.45, 7) is 12.3. The number of nitrogens with two attached hydrogens (primary N) is 1. The molecule has 1 aromatic carbocycles. The highest BCUT2D eigenvalue weighted by atomic mass is 16.5. The van der Waals surface area contributed by atoms with Crippen LogP contribution < -0.4 is 20.7 Å². The quantitative estimate of drug-likeness (QED) is 0.431. The summed E-state index contributed by atoms with van der Waals surface area (Å²) >= 11 is 0. The SMILES string of the molecule is CC(C)CCN(CC(C)(C)NC(=O)CCC(C)C(N)=O)c1ccc(OCc2ccncc2)cc1.